The molecule has 0 unspecified atom stereocenters. The molecule has 0 bridgehead atoms. The van der Waals surface area contributed by atoms with Gasteiger partial charge in [-0.1, -0.05) is 32.5 Å². The highest BCUT2D eigenvalue weighted by Gasteiger charge is 2.10. The van der Waals surface area contributed by atoms with E-state index in [-0.39, 0.29) is 5.91 Å². The number of aryl methyl sites for hydroxylation is 1. The number of fused-ring (bicyclic) bond motifs is 1. The molecular weight excluding hydrogens is 352 g/mol. The fourth-order valence-corrected chi connectivity index (χ4v) is 4.39. The van der Waals surface area contributed by atoms with Gasteiger partial charge in [-0.2, -0.15) is 0 Å². The molecule has 2 aromatic rings. The summed E-state index contributed by atoms with van der Waals surface area (Å²) in [6.07, 6.45) is 4.73. The van der Waals surface area contributed by atoms with Gasteiger partial charge >= 0.3 is 0 Å². The first-order chi connectivity index (χ1) is 12.2. The van der Waals surface area contributed by atoms with E-state index >= 15 is 0 Å². The first-order valence-corrected chi connectivity index (χ1v) is 10.8. The molecule has 5 nitrogen and oxygen atoms in total. The van der Waals surface area contributed by atoms with Crippen molar-refractivity contribution in [1.82, 2.24) is 20.2 Å². The van der Waals surface area contributed by atoms with Crippen LogP contribution in [-0.4, -0.2) is 52.7 Å². The molecule has 0 radical (unpaired) electrons. The number of aromatic nitrogens is 2. The molecule has 1 amide bonds. The van der Waals surface area contributed by atoms with Gasteiger partial charge in [-0.25, -0.2) is 9.97 Å². The summed E-state index contributed by atoms with van der Waals surface area (Å²) >= 11 is 3.20. The molecule has 2 heterocycles. The van der Waals surface area contributed by atoms with Crippen molar-refractivity contribution in [2.75, 3.05) is 31.9 Å². The molecule has 0 fully saturated rings. The van der Waals surface area contributed by atoms with Crippen molar-refractivity contribution < 1.29 is 4.79 Å². The maximum absolute atomic E-state index is 12.0. The summed E-state index contributed by atoms with van der Waals surface area (Å²) in [6.45, 7) is 10.5. The molecule has 138 valence electrons. The highest BCUT2D eigenvalue weighted by Crippen LogP contribution is 2.30. The fraction of sp³-hybridized carbons (Fsp3) is 0.611. The van der Waals surface area contributed by atoms with Gasteiger partial charge in [0.15, 0.2) is 0 Å². The number of carbonyl (C=O) groups excluding carboxylic acids is 1. The van der Waals surface area contributed by atoms with Crippen molar-refractivity contribution in [3.8, 4) is 0 Å². The van der Waals surface area contributed by atoms with E-state index in [0.717, 1.165) is 60.7 Å². The van der Waals surface area contributed by atoms with Crippen LogP contribution in [0.4, 0.5) is 0 Å². The third-order valence-corrected chi connectivity index (χ3v) is 6.34. The minimum Gasteiger partial charge on any atom is -0.355 e. The van der Waals surface area contributed by atoms with Crippen LogP contribution in [0.3, 0.4) is 0 Å². The largest absolute Gasteiger partial charge is 0.355 e. The van der Waals surface area contributed by atoms with Gasteiger partial charge in [0.1, 0.15) is 16.2 Å². The van der Waals surface area contributed by atoms with E-state index in [9.17, 15) is 4.79 Å². The highest BCUT2D eigenvalue weighted by atomic mass is 32.2. The minimum absolute atomic E-state index is 0.0746. The SMILES string of the molecule is CCc1cc2c(SCC(=O)NCCCCN(CC)CC)ncnc2s1. The fourth-order valence-electron chi connectivity index (χ4n) is 2.59. The maximum atomic E-state index is 12.0. The molecule has 7 heteroatoms. The summed E-state index contributed by atoms with van der Waals surface area (Å²) in [5, 5.41) is 4.98. The van der Waals surface area contributed by atoms with E-state index in [1.165, 1.54) is 16.6 Å². The average molecular weight is 381 g/mol. The lowest BCUT2D eigenvalue weighted by Gasteiger charge is -2.17. The van der Waals surface area contributed by atoms with Crippen molar-refractivity contribution in [2.24, 2.45) is 0 Å². The van der Waals surface area contributed by atoms with Gasteiger partial charge < -0.3 is 10.2 Å². The number of thiophene rings is 1. The molecule has 0 aliphatic heterocycles. The molecule has 1 N–H and O–H groups in total. The predicted molar refractivity (Wildman–Crippen MR) is 108 cm³/mol. The number of unbranched alkanes of at least 4 members (excludes halogenated alkanes) is 1. The van der Waals surface area contributed by atoms with Crippen LogP contribution in [-0.2, 0) is 11.2 Å². The number of hydrogen-bond donors (Lipinski definition) is 1. The van der Waals surface area contributed by atoms with E-state index in [2.05, 4.69) is 47.0 Å². The molecule has 2 aromatic heterocycles. The molecule has 0 atom stereocenters. The van der Waals surface area contributed by atoms with Crippen molar-refractivity contribution in [3.63, 3.8) is 0 Å². The van der Waals surface area contributed by atoms with Crippen LogP contribution >= 0.6 is 23.1 Å². The Kier molecular flexibility index (Phi) is 8.64. The first-order valence-electron chi connectivity index (χ1n) is 9.03. The van der Waals surface area contributed by atoms with Crippen molar-refractivity contribution in [2.45, 2.75) is 45.1 Å². The van der Waals surface area contributed by atoms with Crippen LogP contribution in [0.15, 0.2) is 17.4 Å². The molecule has 0 saturated carbocycles. The van der Waals surface area contributed by atoms with E-state index < -0.39 is 0 Å². The minimum atomic E-state index is 0.0746. The average Bonchev–Trinajstić information content (AvgIpc) is 3.07. The van der Waals surface area contributed by atoms with E-state index in [1.54, 1.807) is 17.7 Å². The van der Waals surface area contributed by atoms with Crippen LogP contribution in [0.5, 0.6) is 0 Å². The van der Waals surface area contributed by atoms with Gasteiger partial charge in [-0.3, -0.25) is 4.79 Å². The summed E-state index contributed by atoms with van der Waals surface area (Å²) in [5.74, 6) is 0.477. The zero-order valence-electron chi connectivity index (χ0n) is 15.4. The zero-order valence-corrected chi connectivity index (χ0v) is 17.0. The van der Waals surface area contributed by atoms with E-state index in [0.29, 0.717) is 5.75 Å². The van der Waals surface area contributed by atoms with Crippen molar-refractivity contribution in [3.05, 3.63) is 17.3 Å². The molecule has 2 rings (SSSR count). The summed E-state index contributed by atoms with van der Waals surface area (Å²) in [7, 11) is 0. The van der Waals surface area contributed by atoms with E-state index in [1.807, 2.05) is 0 Å². The number of thioether (sulfide) groups is 1. The van der Waals surface area contributed by atoms with Crippen LogP contribution in [0.25, 0.3) is 10.2 Å². The molecule has 0 aliphatic carbocycles. The molecule has 0 spiro atoms. The van der Waals surface area contributed by atoms with Crippen molar-refractivity contribution in [1.29, 1.82) is 0 Å². The Morgan fingerprint density at radius 2 is 2.04 bits per heavy atom. The number of amides is 1. The smallest absolute Gasteiger partial charge is 0.230 e. The summed E-state index contributed by atoms with van der Waals surface area (Å²) < 4.78 is 0. The van der Waals surface area contributed by atoms with Crippen molar-refractivity contribution >= 4 is 39.2 Å². The number of nitrogens with zero attached hydrogens (tertiary/aromatic N) is 3. The summed E-state index contributed by atoms with van der Waals surface area (Å²) in [5.41, 5.74) is 0. The lowest BCUT2D eigenvalue weighted by molar-refractivity contribution is -0.118. The molecule has 25 heavy (non-hydrogen) atoms. The Morgan fingerprint density at radius 3 is 2.76 bits per heavy atom. The second-order valence-electron chi connectivity index (χ2n) is 5.84. The van der Waals surface area contributed by atoms with Gasteiger partial charge in [-0.05, 0) is 45.0 Å². The molecule has 0 saturated heterocycles. The number of nitrogens with one attached hydrogen (secondary N) is 1. The third kappa shape index (κ3) is 6.24. The van der Waals surface area contributed by atoms with Gasteiger partial charge in [-0.15, -0.1) is 11.3 Å². The van der Waals surface area contributed by atoms with Gasteiger partial charge in [0.2, 0.25) is 5.91 Å². The van der Waals surface area contributed by atoms with Gasteiger partial charge in [0, 0.05) is 16.8 Å². The lowest BCUT2D eigenvalue weighted by Crippen LogP contribution is -2.28. The van der Waals surface area contributed by atoms with Gasteiger partial charge in [0.25, 0.3) is 0 Å². The second kappa shape index (κ2) is 10.7. The van der Waals surface area contributed by atoms with Gasteiger partial charge in [0.05, 0.1) is 5.75 Å². The summed E-state index contributed by atoms with van der Waals surface area (Å²) in [4.78, 5) is 25.4. The molecular formula is C18H28N4OS2. The van der Waals surface area contributed by atoms with Crippen LogP contribution in [0, 0.1) is 0 Å². The first kappa shape index (κ1) is 20.1. The lowest BCUT2D eigenvalue weighted by atomic mass is 10.3. The summed E-state index contributed by atoms with van der Waals surface area (Å²) in [6, 6.07) is 2.15. The Morgan fingerprint density at radius 1 is 1.24 bits per heavy atom. The monoisotopic (exact) mass is 380 g/mol. The topological polar surface area (TPSA) is 58.1 Å². The Labute approximate surface area is 158 Å². The zero-order chi connectivity index (χ0) is 18.1. The van der Waals surface area contributed by atoms with Crippen LogP contribution in [0.2, 0.25) is 0 Å². The second-order valence-corrected chi connectivity index (χ2v) is 7.92. The Hall–Kier alpha value is -1.18. The van der Waals surface area contributed by atoms with Crippen LogP contribution in [0.1, 0.15) is 38.5 Å². The molecule has 0 aromatic carbocycles. The molecule has 0 aliphatic rings. The third-order valence-electron chi connectivity index (χ3n) is 4.15. The highest BCUT2D eigenvalue weighted by molar-refractivity contribution is 8.00. The predicted octanol–water partition coefficient (Wildman–Crippen LogP) is 3.58. The standard InChI is InChI=1S/C18H28N4OS2/c1-4-14-11-15-17(20-13-21-18(15)25-14)24-12-16(23)19-9-7-8-10-22(5-2)6-3/h11,13H,4-10,12H2,1-3H3,(H,19,23). The number of hydrogen-bond acceptors (Lipinski definition) is 6. The normalized spacial score (nSPS) is 11.4. The Balaban J connectivity index is 1.72. The maximum Gasteiger partial charge on any atom is 0.230 e. The van der Waals surface area contributed by atoms with E-state index in [4.69, 9.17) is 0 Å². The number of rotatable bonds is 11. The number of carbonyl (C=O) groups is 1. The van der Waals surface area contributed by atoms with Crippen LogP contribution < -0.4 is 5.32 Å². The quantitative estimate of drug-likeness (QED) is 0.367. The Bertz CT molecular complexity index is 670.